The molecule has 2 unspecified atom stereocenters. The smallest absolute Gasteiger partial charge is 0.324 e. The van der Waals surface area contributed by atoms with Gasteiger partial charge in [-0.2, -0.15) is 0 Å². The minimum Gasteiger partial charge on any atom is -0.460 e. The van der Waals surface area contributed by atoms with Crippen molar-refractivity contribution in [1.82, 2.24) is 10.9 Å². The highest BCUT2D eigenvalue weighted by molar-refractivity contribution is 5.76. The minimum atomic E-state index is -0.520. The normalized spacial score (nSPS) is 19.6. The fourth-order valence-electron chi connectivity index (χ4n) is 2.59. The lowest BCUT2D eigenvalue weighted by Gasteiger charge is -2.10. The van der Waals surface area contributed by atoms with Crippen LogP contribution >= 0.6 is 0 Å². The SMILES string of the molecule is O=C(OCc1ccc([N+](=O)[O-])cc1)C1CC(c2ccc(F)cc2)NN1. The molecule has 1 fully saturated rings. The first-order valence-electron chi connectivity index (χ1n) is 7.69. The first-order valence-corrected chi connectivity index (χ1v) is 7.69. The maximum atomic E-state index is 13.0. The quantitative estimate of drug-likeness (QED) is 0.491. The molecule has 1 aliphatic heterocycles. The Bertz CT molecular complexity index is 764. The van der Waals surface area contributed by atoms with E-state index in [1.54, 1.807) is 24.3 Å². The van der Waals surface area contributed by atoms with E-state index in [9.17, 15) is 19.3 Å². The summed E-state index contributed by atoms with van der Waals surface area (Å²) in [6.45, 7) is 0.0379. The average Bonchev–Trinajstić information content (AvgIpc) is 3.11. The Labute approximate surface area is 142 Å². The van der Waals surface area contributed by atoms with Crippen molar-refractivity contribution < 1.29 is 18.8 Å². The molecule has 2 aromatic carbocycles. The first-order chi connectivity index (χ1) is 12.0. The van der Waals surface area contributed by atoms with Crippen LogP contribution in [0.4, 0.5) is 10.1 Å². The molecule has 2 atom stereocenters. The summed E-state index contributed by atoms with van der Waals surface area (Å²) in [6.07, 6.45) is 0.477. The minimum absolute atomic E-state index is 0.0149. The van der Waals surface area contributed by atoms with Crippen LogP contribution in [0, 0.1) is 15.9 Å². The van der Waals surface area contributed by atoms with E-state index < -0.39 is 16.9 Å². The van der Waals surface area contributed by atoms with E-state index in [0.29, 0.717) is 12.0 Å². The van der Waals surface area contributed by atoms with Gasteiger partial charge in [-0.3, -0.25) is 14.9 Å². The molecule has 25 heavy (non-hydrogen) atoms. The fraction of sp³-hybridized carbons (Fsp3) is 0.235. The number of hydrazine groups is 1. The van der Waals surface area contributed by atoms with E-state index in [1.807, 2.05) is 0 Å². The predicted molar refractivity (Wildman–Crippen MR) is 86.7 cm³/mol. The highest BCUT2D eigenvalue weighted by Gasteiger charge is 2.31. The van der Waals surface area contributed by atoms with Gasteiger partial charge in [-0.25, -0.2) is 15.2 Å². The topological polar surface area (TPSA) is 93.5 Å². The molecule has 8 heteroatoms. The Kier molecular flexibility index (Phi) is 5.01. The molecule has 0 spiro atoms. The van der Waals surface area contributed by atoms with Crippen LogP contribution in [0.1, 0.15) is 23.6 Å². The first kappa shape index (κ1) is 17.0. The van der Waals surface area contributed by atoms with Crippen molar-refractivity contribution in [2.45, 2.75) is 25.1 Å². The zero-order valence-electron chi connectivity index (χ0n) is 13.1. The summed E-state index contributed by atoms with van der Waals surface area (Å²) < 4.78 is 18.2. The molecule has 0 bridgehead atoms. The van der Waals surface area contributed by atoms with Crippen LogP contribution in [0.15, 0.2) is 48.5 Å². The van der Waals surface area contributed by atoms with Gasteiger partial charge in [-0.1, -0.05) is 12.1 Å². The number of esters is 1. The molecule has 2 N–H and O–H groups in total. The zero-order valence-corrected chi connectivity index (χ0v) is 13.1. The molecule has 0 radical (unpaired) electrons. The third-order valence-corrected chi connectivity index (χ3v) is 3.99. The molecule has 7 nitrogen and oxygen atoms in total. The lowest BCUT2D eigenvalue weighted by atomic mass is 10.0. The van der Waals surface area contributed by atoms with E-state index in [0.717, 1.165) is 5.56 Å². The summed E-state index contributed by atoms with van der Waals surface area (Å²) >= 11 is 0. The zero-order chi connectivity index (χ0) is 17.8. The van der Waals surface area contributed by atoms with Crippen molar-refractivity contribution in [3.8, 4) is 0 Å². The Morgan fingerprint density at radius 3 is 2.48 bits per heavy atom. The van der Waals surface area contributed by atoms with Crippen molar-refractivity contribution in [2.75, 3.05) is 0 Å². The number of carbonyl (C=O) groups is 1. The molecule has 1 aliphatic rings. The van der Waals surface area contributed by atoms with Gasteiger partial charge in [0.25, 0.3) is 5.69 Å². The molecule has 1 heterocycles. The van der Waals surface area contributed by atoms with Gasteiger partial charge >= 0.3 is 5.97 Å². The summed E-state index contributed by atoms with van der Waals surface area (Å²) in [6, 6.07) is 11.3. The van der Waals surface area contributed by atoms with Crippen molar-refractivity contribution in [2.24, 2.45) is 0 Å². The second kappa shape index (κ2) is 7.37. The van der Waals surface area contributed by atoms with Gasteiger partial charge in [0.2, 0.25) is 0 Å². The van der Waals surface area contributed by atoms with E-state index in [4.69, 9.17) is 4.74 Å². The van der Waals surface area contributed by atoms with Crippen LogP contribution in [-0.4, -0.2) is 16.9 Å². The van der Waals surface area contributed by atoms with Gasteiger partial charge < -0.3 is 4.74 Å². The van der Waals surface area contributed by atoms with Crippen LogP contribution in [0.5, 0.6) is 0 Å². The number of carbonyl (C=O) groups excluding carboxylic acids is 1. The van der Waals surface area contributed by atoms with E-state index >= 15 is 0 Å². The molecule has 3 rings (SSSR count). The molecule has 0 saturated carbocycles. The number of hydrogen-bond donors (Lipinski definition) is 2. The molecular formula is C17H16FN3O4. The molecular weight excluding hydrogens is 329 g/mol. The fourth-order valence-corrected chi connectivity index (χ4v) is 2.59. The number of rotatable bonds is 5. The summed E-state index contributed by atoms with van der Waals surface area (Å²) in [5.74, 6) is -0.732. The second-order valence-electron chi connectivity index (χ2n) is 5.71. The number of hydrogen-bond acceptors (Lipinski definition) is 6. The van der Waals surface area contributed by atoms with E-state index in [2.05, 4.69) is 10.9 Å². The number of non-ortho nitro benzene ring substituents is 1. The predicted octanol–water partition coefficient (Wildman–Crippen LogP) is 2.38. The van der Waals surface area contributed by atoms with E-state index in [1.165, 1.54) is 24.3 Å². The van der Waals surface area contributed by atoms with Gasteiger partial charge in [0.15, 0.2) is 0 Å². The Morgan fingerprint density at radius 2 is 1.84 bits per heavy atom. The van der Waals surface area contributed by atoms with Crippen molar-refractivity contribution >= 4 is 11.7 Å². The van der Waals surface area contributed by atoms with Crippen LogP contribution in [0.25, 0.3) is 0 Å². The molecule has 0 amide bonds. The summed E-state index contributed by atoms with van der Waals surface area (Å²) in [7, 11) is 0. The number of nitrogens with one attached hydrogen (secondary N) is 2. The van der Waals surface area contributed by atoms with Crippen LogP contribution < -0.4 is 10.9 Å². The lowest BCUT2D eigenvalue weighted by molar-refractivity contribution is -0.384. The second-order valence-corrected chi connectivity index (χ2v) is 5.71. The number of ether oxygens (including phenoxy) is 1. The number of nitro benzene ring substituents is 1. The van der Waals surface area contributed by atoms with Crippen LogP contribution in [0.3, 0.4) is 0 Å². The highest BCUT2D eigenvalue weighted by Crippen LogP contribution is 2.23. The number of benzene rings is 2. The van der Waals surface area contributed by atoms with Gasteiger partial charge in [-0.05, 0) is 41.8 Å². The molecule has 130 valence electrons. The van der Waals surface area contributed by atoms with Crippen LogP contribution in [-0.2, 0) is 16.1 Å². The van der Waals surface area contributed by atoms with Gasteiger partial charge in [-0.15, -0.1) is 0 Å². The van der Waals surface area contributed by atoms with Crippen LogP contribution in [0.2, 0.25) is 0 Å². The summed E-state index contributed by atoms with van der Waals surface area (Å²) in [5, 5.41) is 10.6. The van der Waals surface area contributed by atoms with Gasteiger partial charge in [0, 0.05) is 18.2 Å². The molecule has 0 aromatic heterocycles. The Balaban J connectivity index is 1.52. The average molecular weight is 345 g/mol. The van der Waals surface area contributed by atoms with Gasteiger partial charge in [0.1, 0.15) is 18.5 Å². The highest BCUT2D eigenvalue weighted by atomic mass is 19.1. The Morgan fingerprint density at radius 1 is 1.16 bits per heavy atom. The maximum Gasteiger partial charge on any atom is 0.324 e. The number of nitrogens with zero attached hydrogens (tertiary/aromatic N) is 1. The molecule has 1 saturated heterocycles. The van der Waals surface area contributed by atoms with Crippen molar-refractivity contribution in [3.05, 3.63) is 75.6 Å². The number of nitro groups is 1. The third kappa shape index (κ3) is 4.17. The third-order valence-electron chi connectivity index (χ3n) is 3.99. The van der Waals surface area contributed by atoms with E-state index in [-0.39, 0.29) is 24.2 Å². The molecule has 2 aromatic rings. The lowest BCUT2D eigenvalue weighted by Crippen LogP contribution is -2.37. The summed E-state index contributed by atoms with van der Waals surface area (Å²) in [4.78, 5) is 22.2. The Hall–Kier alpha value is -2.84. The molecule has 0 aliphatic carbocycles. The van der Waals surface area contributed by atoms with Crippen molar-refractivity contribution in [1.29, 1.82) is 0 Å². The van der Waals surface area contributed by atoms with Gasteiger partial charge in [0.05, 0.1) is 4.92 Å². The monoisotopic (exact) mass is 345 g/mol. The standard InChI is InChI=1S/C17H16FN3O4/c18-13-5-3-12(4-6-13)15-9-16(20-19-15)17(22)25-10-11-1-7-14(8-2-11)21(23)24/h1-8,15-16,19-20H,9-10H2. The number of halogens is 1. The van der Waals surface area contributed by atoms with Crippen molar-refractivity contribution in [3.63, 3.8) is 0 Å². The maximum absolute atomic E-state index is 13.0. The largest absolute Gasteiger partial charge is 0.460 e. The summed E-state index contributed by atoms with van der Waals surface area (Å²) in [5.41, 5.74) is 7.39.